The molecule has 0 bridgehead atoms. The van der Waals surface area contributed by atoms with Gasteiger partial charge in [0.15, 0.2) is 5.82 Å². The minimum atomic E-state index is -2.47. The van der Waals surface area contributed by atoms with Gasteiger partial charge in [-0.3, -0.25) is 0 Å². The number of morpholine rings is 1. The standard InChI is InChI=1S/C23H30N6O2S/c1-15(2)28-32(4,30)23(7-8-23)19-13-20(29-11-12-31-14-16(29)3)27-22(26-19)18-6-10-25-21-17(18)5-9-24-21/h5-6,9-10,13,15-16H,7-8,11-12,14H2,1-4H3,(H,24,25)/t16-,32?/m1/s1. The summed E-state index contributed by atoms with van der Waals surface area (Å²) in [6.45, 7) is 8.17. The first kappa shape index (κ1) is 21.3. The van der Waals surface area contributed by atoms with Gasteiger partial charge in [-0.2, -0.15) is 0 Å². The summed E-state index contributed by atoms with van der Waals surface area (Å²) in [5.41, 5.74) is 2.54. The molecule has 0 aromatic carbocycles. The van der Waals surface area contributed by atoms with Crippen molar-refractivity contribution in [2.45, 2.75) is 50.4 Å². The lowest BCUT2D eigenvalue weighted by Gasteiger charge is -2.35. The number of H-pyrrole nitrogens is 1. The summed E-state index contributed by atoms with van der Waals surface area (Å²) < 4.78 is 23.5. The highest BCUT2D eigenvalue weighted by atomic mass is 32.2. The van der Waals surface area contributed by atoms with Gasteiger partial charge in [-0.15, -0.1) is 0 Å². The summed E-state index contributed by atoms with van der Waals surface area (Å²) >= 11 is 0. The van der Waals surface area contributed by atoms with Crippen molar-refractivity contribution in [1.29, 1.82) is 0 Å². The number of nitrogens with zero attached hydrogens (tertiary/aromatic N) is 5. The van der Waals surface area contributed by atoms with Gasteiger partial charge in [-0.25, -0.2) is 23.5 Å². The second kappa shape index (κ2) is 7.81. The zero-order chi connectivity index (χ0) is 22.5. The zero-order valence-electron chi connectivity index (χ0n) is 19.0. The molecule has 4 heterocycles. The van der Waals surface area contributed by atoms with Gasteiger partial charge in [0.25, 0.3) is 0 Å². The SMILES string of the molecule is CC(C)N=S(C)(=O)C1(c2cc(N3CCOC[C@H]3C)nc(-c3ccnc4[nH]ccc34)n2)CC1. The second-order valence-corrected chi connectivity index (χ2v) is 11.7. The van der Waals surface area contributed by atoms with E-state index in [1.165, 1.54) is 0 Å². The Bertz CT molecular complexity index is 1270. The third-order valence-corrected chi connectivity index (χ3v) is 9.27. The Kier molecular flexibility index (Phi) is 5.21. The van der Waals surface area contributed by atoms with Gasteiger partial charge in [-0.05, 0) is 45.7 Å². The van der Waals surface area contributed by atoms with E-state index in [1.807, 2.05) is 38.2 Å². The van der Waals surface area contributed by atoms with E-state index in [4.69, 9.17) is 14.7 Å². The molecule has 170 valence electrons. The number of hydrogen-bond acceptors (Lipinski definition) is 7. The molecule has 1 saturated heterocycles. The van der Waals surface area contributed by atoms with Gasteiger partial charge in [0.2, 0.25) is 0 Å². The van der Waals surface area contributed by atoms with Crippen LogP contribution in [0.4, 0.5) is 5.82 Å². The van der Waals surface area contributed by atoms with Crippen molar-refractivity contribution in [3.63, 3.8) is 0 Å². The molecule has 3 aromatic rings. The van der Waals surface area contributed by atoms with Crippen LogP contribution in [0.15, 0.2) is 35.0 Å². The van der Waals surface area contributed by atoms with Gasteiger partial charge >= 0.3 is 0 Å². The highest BCUT2D eigenvalue weighted by molar-refractivity contribution is 7.94. The van der Waals surface area contributed by atoms with Crippen LogP contribution in [0.3, 0.4) is 0 Å². The molecule has 0 spiro atoms. The number of hydrogen-bond donors (Lipinski definition) is 1. The van der Waals surface area contributed by atoms with Crippen LogP contribution in [0.5, 0.6) is 0 Å². The summed E-state index contributed by atoms with van der Waals surface area (Å²) in [6, 6.07) is 6.18. The number of ether oxygens (including phenoxy) is 1. The fourth-order valence-electron chi connectivity index (χ4n) is 4.60. The van der Waals surface area contributed by atoms with E-state index < -0.39 is 14.5 Å². The van der Waals surface area contributed by atoms with Crippen LogP contribution in [-0.4, -0.2) is 62.2 Å². The molecule has 1 aliphatic carbocycles. The number of nitrogens with one attached hydrogen (secondary N) is 1. The van der Waals surface area contributed by atoms with E-state index in [1.54, 1.807) is 12.5 Å². The monoisotopic (exact) mass is 454 g/mol. The average molecular weight is 455 g/mol. The number of aromatic amines is 1. The van der Waals surface area contributed by atoms with E-state index in [0.29, 0.717) is 19.0 Å². The fourth-order valence-corrected chi connectivity index (χ4v) is 6.96. The molecule has 9 heteroatoms. The molecule has 1 aliphatic heterocycles. The molecule has 1 unspecified atom stereocenters. The maximum absolute atomic E-state index is 13.8. The molecule has 32 heavy (non-hydrogen) atoms. The van der Waals surface area contributed by atoms with Crippen LogP contribution in [0.1, 0.15) is 39.3 Å². The number of aromatic nitrogens is 4. The highest BCUT2D eigenvalue weighted by Crippen LogP contribution is 2.53. The molecule has 0 radical (unpaired) electrons. The summed E-state index contributed by atoms with van der Waals surface area (Å²) in [6.07, 6.45) is 7.07. The van der Waals surface area contributed by atoms with Gasteiger partial charge in [0.05, 0.1) is 45.5 Å². The van der Waals surface area contributed by atoms with E-state index in [2.05, 4.69) is 26.2 Å². The lowest BCUT2D eigenvalue weighted by molar-refractivity contribution is 0.0985. The van der Waals surface area contributed by atoms with E-state index in [-0.39, 0.29) is 12.1 Å². The molecule has 2 atom stereocenters. The van der Waals surface area contributed by atoms with E-state index in [0.717, 1.165) is 47.5 Å². The van der Waals surface area contributed by atoms with Crippen molar-refractivity contribution < 1.29 is 8.95 Å². The van der Waals surface area contributed by atoms with Crippen molar-refractivity contribution in [3.05, 3.63) is 36.3 Å². The van der Waals surface area contributed by atoms with Gasteiger partial charge in [0, 0.05) is 42.2 Å². The highest BCUT2D eigenvalue weighted by Gasteiger charge is 2.54. The van der Waals surface area contributed by atoms with E-state index in [9.17, 15) is 4.21 Å². The Morgan fingerprint density at radius 2 is 2.12 bits per heavy atom. The Morgan fingerprint density at radius 3 is 2.84 bits per heavy atom. The summed E-state index contributed by atoms with van der Waals surface area (Å²) in [5.74, 6) is 1.49. The first-order valence-electron chi connectivity index (χ1n) is 11.2. The average Bonchev–Trinajstić information content (AvgIpc) is 3.45. The van der Waals surface area contributed by atoms with Crippen LogP contribution >= 0.6 is 0 Å². The first-order valence-corrected chi connectivity index (χ1v) is 13.1. The van der Waals surface area contributed by atoms with Crippen molar-refractivity contribution in [2.24, 2.45) is 4.36 Å². The molecule has 3 aromatic heterocycles. The van der Waals surface area contributed by atoms with Crippen LogP contribution in [0, 0.1) is 0 Å². The van der Waals surface area contributed by atoms with E-state index >= 15 is 0 Å². The predicted octanol–water partition coefficient (Wildman–Crippen LogP) is 3.74. The molecule has 0 amide bonds. The number of rotatable bonds is 5. The maximum atomic E-state index is 13.8. The number of pyridine rings is 1. The smallest absolute Gasteiger partial charge is 0.162 e. The summed E-state index contributed by atoms with van der Waals surface area (Å²) in [7, 11) is -2.47. The Labute approximate surface area is 189 Å². The molecular formula is C23H30N6O2S. The third-order valence-electron chi connectivity index (χ3n) is 6.38. The predicted molar refractivity (Wildman–Crippen MR) is 127 cm³/mol. The molecular weight excluding hydrogens is 424 g/mol. The maximum Gasteiger partial charge on any atom is 0.162 e. The minimum Gasteiger partial charge on any atom is -0.377 e. The molecule has 2 fully saturated rings. The quantitative estimate of drug-likeness (QED) is 0.631. The van der Waals surface area contributed by atoms with Crippen LogP contribution in [0.25, 0.3) is 22.4 Å². The van der Waals surface area contributed by atoms with Crippen molar-refractivity contribution >= 4 is 26.6 Å². The molecule has 8 nitrogen and oxygen atoms in total. The molecule has 2 aliphatic rings. The van der Waals surface area contributed by atoms with Crippen LogP contribution in [0.2, 0.25) is 0 Å². The Balaban J connectivity index is 1.71. The van der Waals surface area contributed by atoms with Crippen molar-refractivity contribution in [3.8, 4) is 11.4 Å². The summed E-state index contributed by atoms with van der Waals surface area (Å²) in [5, 5.41) is 0.972. The normalized spacial score (nSPS) is 22.2. The third kappa shape index (κ3) is 3.57. The molecule has 1 N–H and O–H groups in total. The number of anilines is 1. The fraction of sp³-hybridized carbons (Fsp3) is 0.522. The Hall–Kier alpha value is -2.52. The largest absolute Gasteiger partial charge is 0.377 e. The van der Waals surface area contributed by atoms with Crippen molar-refractivity contribution in [1.82, 2.24) is 19.9 Å². The van der Waals surface area contributed by atoms with Gasteiger partial charge < -0.3 is 14.6 Å². The zero-order valence-corrected chi connectivity index (χ0v) is 19.9. The lowest BCUT2D eigenvalue weighted by atomic mass is 10.1. The van der Waals surface area contributed by atoms with Crippen LogP contribution < -0.4 is 4.90 Å². The Morgan fingerprint density at radius 1 is 1.31 bits per heavy atom. The van der Waals surface area contributed by atoms with Gasteiger partial charge in [0.1, 0.15) is 11.5 Å². The number of fused-ring (bicyclic) bond motifs is 1. The van der Waals surface area contributed by atoms with Gasteiger partial charge in [-0.1, -0.05) is 0 Å². The minimum absolute atomic E-state index is 0.00435. The van der Waals surface area contributed by atoms with Crippen LogP contribution in [-0.2, 0) is 19.2 Å². The molecule has 1 saturated carbocycles. The first-order chi connectivity index (χ1) is 15.3. The lowest BCUT2D eigenvalue weighted by Crippen LogP contribution is -2.44. The second-order valence-electron chi connectivity index (χ2n) is 9.15. The molecule has 5 rings (SSSR count). The summed E-state index contributed by atoms with van der Waals surface area (Å²) in [4.78, 5) is 19.8. The van der Waals surface area contributed by atoms with Crippen molar-refractivity contribution in [2.75, 3.05) is 30.9 Å². The topological polar surface area (TPSA) is 96.4 Å².